The molecule has 0 bridgehead atoms. The number of allylic oxidation sites excluding steroid dienone is 3. The van der Waals surface area contributed by atoms with E-state index < -0.39 is 32.5 Å². The van der Waals surface area contributed by atoms with Crippen molar-refractivity contribution in [2.45, 2.75) is 199 Å². The first-order valence-electron chi connectivity index (χ1n) is 20.9. The van der Waals surface area contributed by atoms with E-state index in [2.05, 4.69) is 38.2 Å². The Bertz CT molecular complexity index is 976. The van der Waals surface area contributed by atoms with Crippen LogP contribution in [-0.4, -0.2) is 61.5 Å². The Morgan fingerprint density at radius 3 is 1.79 bits per heavy atom. The van der Waals surface area contributed by atoms with E-state index >= 15 is 0 Å². The quantitative estimate of drug-likeness (QED) is 0.0205. The third-order valence-electron chi connectivity index (χ3n) is 9.23. The van der Waals surface area contributed by atoms with Crippen LogP contribution < -0.4 is 5.73 Å². The maximum atomic E-state index is 12.6. The first-order valence-corrected chi connectivity index (χ1v) is 22.4. The van der Waals surface area contributed by atoms with Crippen molar-refractivity contribution in [2.24, 2.45) is 5.73 Å². The third kappa shape index (κ3) is 30.9. The number of rotatable bonds is 38. The molecule has 0 aromatic carbocycles. The Morgan fingerprint density at radius 2 is 1.19 bits per heavy atom. The van der Waals surface area contributed by atoms with Gasteiger partial charge in [0.25, 0.3) is 0 Å². The van der Waals surface area contributed by atoms with Crippen molar-refractivity contribution >= 4 is 19.8 Å². The summed E-state index contributed by atoms with van der Waals surface area (Å²) in [7, 11) is -4.38. The molecule has 0 aromatic rings. The molecule has 0 radical (unpaired) electrons. The molecule has 52 heavy (non-hydrogen) atoms. The highest BCUT2D eigenvalue weighted by atomic mass is 31.2. The van der Waals surface area contributed by atoms with Crippen LogP contribution in [0.25, 0.3) is 0 Å². The second kappa shape index (κ2) is 34.0. The normalized spacial score (nSPS) is 17.5. The predicted molar refractivity (Wildman–Crippen MR) is 210 cm³/mol. The number of phosphoric acid groups is 1. The number of esters is 2. The van der Waals surface area contributed by atoms with E-state index in [1.54, 1.807) is 0 Å². The number of hydrogen-bond acceptors (Lipinski definition) is 9. The van der Waals surface area contributed by atoms with Gasteiger partial charge in [-0.05, 0) is 64.2 Å². The Morgan fingerprint density at radius 1 is 0.673 bits per heavy atom. The minimum atomic E-state index is -4.38. The standard InChI is InChI=1S/C41H76NO9P/c1-3-5-7-8-9-10-11-12-13-14-15-16-21-24-28-32-41(44)50-37(36-49-52(45,46)48-34-33-42)35-47-40(43)31-27-23-20-18-17-19-22-26-30-39-38(51-39)29-25-6-4-2/h12-13,22,26,37-39H,3-11,14-21,23-25,27-36,42H2,1-2H3,(H,45,46)/b13-12-,26-22-/t37-,38?,39?/m1/s1. The van der Waals surface area contributed by atoms with E-state index in [0.717, 1.165) is 70.6 Å². The summed E-state index contributed by atoms with van der Waals surface area (Å²) in [5.74, 6) is -0.858. The summed E-state index contributed by atoms with van der Waals surface area (Å²) >= 11 is 0. The van der Waals surface area contributed by atoms with Gasteiger partial charge in [-0.3, -0.25) is 18.6 Å². The Kier molecular flexibility index (Phi) is 31.7. The molecule has 1 saturated heterocycles. The van der Waals surface area contributed by atoms with Crippen molar-refractivity contribution in [1.82, 2.24) is 0 Å². The number of hydrogen-bond donors (Lipinski definition) is 2. The van der Waals surface area contributed by atoms with Crippen molar-refractivity contribution in [3.05, 3.63) is 24.3 Å². The van der Waals surface area contributed by atoms with E-state index in [4.69, 9.17) is 29.0 Å². The highest BCUT2D eigenvalue weighted by Gasteiger charge is 2.36. The van der Waals surface area contributed by atoms with Crippen LogP contribution in [0.5, 0.6) is 0 Å². The first-order chi connectivity index (χ1) is 25.3. The number of ether oxygens (including phenoxy) is 3. The molecular weight excluding hydrogens is 681 g/mol. The lowest BCUT2D eigenvalue weighted by atomic mass is 10.1. The Hall–Kier alpha value is -1.55. The Labute approximate surface area is 317 Å². The lowest BCUT2D eigenvalue weighted by molar-refractivity contribution is -0.161. The fraction of sp³-hybridized carbons (Fsp3) is 0.854. The second-order valence-corrected chi connectivity index (χ2v) is 15.7. The maximum Gasteiger partial charge on any atom is 0.472 e. The topological polar surface area (TPSA) is 147 Å². The molecule has 1 heterocycles. The minimum absolute atomic E-state index is 0.0484. The third-order valence-corrected chi connectivity index (χ3v) is 10.2. The SMILES string of the molecule is CCCCCCCC/C=C\CCCCCCCC(=O)O[C@H](COC(=O)CCCCCCC/C=C\CC1OC1CCCCC)COP(=O)(O)OCCN. The van der Waals surface area contributed by atoms with E-state index in [1.807, 2.05) is 0 Å². The molecule has 0 aromatic heterocycles. The van der Waals surface area contributed by atoms with Crippen molar-refractivity contribution in [3.63, 3.8) is 0 Å². The van der Waals surface area contributed by atoms with Gasteiger partial charge in [0.1, 0.15) is 6.61 Å². The number of nitrogens with two attached hydrogens (primary N) is 1. The molecule has 4 atom stereocenters. The Balaban J connectivity index is 2.19. The summed E-state index contributed by atoms with van der Waals surface area (Å²) in [6.45, 7) is 3.66. The van der Waals surface area contributed by atoms with Crippen molar-refractivity contribution < 1.29 is 42.3 Å². The molecule has 0 aliphatic carbocycles. The molecule has 0 spiro atoms. The van der Waals surface area contributed by atoms with Crippen LogP contribution in [0.4, 0.5) is 0 Å². The summed E-state index contributed by atoms with van der Waals surface area (Å²) in [5.41, 5.74) is 5.34. The summed E-state index contributed by atoms with van der Waals surface area (Å²) in [4.78, 5) is 34.8. The zero-order chi connectivity index (χ0) is 38.0. The van der Waals surface area contributed by atoms with Gasteiger partial charge in [-0.25, -0.2) is 4.57 Å². The average Bonchev–Trinajstić information content (AvgIpc) is 3.88. The molecular formula is C41H76NO9P. The number of carbonyl (C=O) groups is 2. The molecule has 1 fully saturated rings. The largest absolute Gasteiger partial charge is 0.472 e. The summed E-state index contributed by atoms with van der Waals surface area (Å²) < 4.78 is 38.5. The van der Waals surface area contributed by atoms with E-state index in [9.17, 15) is 19.0 Å². The molecule has 0 saturated carbocycles. The fourth-order valence-corrected chi connectivity index (χ4v) is 6.75. The highest BCUT2D eigenvalue weighted by molar-refractivity contribution is 7.47. The van der Waals surface area contributed by atoms with Gasteiger partial charge in [-0.1, -0.05) is 128 Å². The molecule has 11 heteroatoms. The molecule has 304 valence electrons. The molecule has 1 aliphatic heterocycles. The molecule has 1 rings (SSSR count). The van der Waals surface area contributed by atoms with Crippen molar-refractivity contribution in [1.29, 1.82) is 0 Å². The van der Waals surface area contributed by atoms with Crippen molar-refractivity contribution in [3.8, 4) is 0 Å². The van der Waals surface area contributed by atoms with Crippen LogP contribution in [0.2, 0.25) is 0 Å². The van der Waals surface area contributed by atoms with Crippen LogP contribution in [0.1, 0.15) is 181 Å². The number of unbranched alkanes of at least 4 members (excludes halogenated alkanes) is 18. The summed E-state index contributed by atoms with van der Waals surface area (Å²) in [5, 5.41) is 0. The predicted octanol–water partition coefficient (Wildman–Crippen LogP) is 10.6. The highest BCUT2D eigenvalue weighted by Crippen LogP contribution is 2.43. The van der Waals surface area contributed by atoms with Crippen LogP contribution >= 0.6 is 7.82 Å². The van der Waals surface area contributed by atoms with Crippen molar-refractivity contribution in [2.75, 3.05) is 26.4 Å². The van der Waals surface area contributed by atoms with E-state index in [0.29, 0.717) is 25.0 Å². The average molecular weight is 758 g/mol. The molecule has 3 N–H and O–H groups in total. The summed E-state index contributed by atoms with van der Waals surface area (Å²) in [6, 6.07) is 0. The minimum Gasteiger partial charge on any atom is -0.462 e. The van der Waals surface area contributed by atoms with Crippen LogP contribution in [0.15, 0.2) is 24.3 Å². The lowest BCUT2D eigenvalue weighted by Gasteiger charge is -2.19. The van der Waals surface area contributed by atoms with Gasteiger partial charge in [-0.15, -0.1) is 0 Å². The van der Waals surface area contributed by atoms with Gasteiger partial charge in [0.2, 0.25) is 0 Å². The van der Waals surface area contributed by atoms with Gasteiger partial charge in [0, 0.05) is 19.4 Å². The van der Waals surface area contributed by atoms with Gasteiger partial charge >= 0.3 is 19.8 Å². The van der Waals surface area contributed by atoms with E-state index in [1.165, 1.54) is 70.6 Å². The zero-order valence-corrected chi connectivity index (χ0v) is 33.9. The first kappa shape index (κ1) is 48.5. The monoisotopic (exact) mass is 758 g/mol. The number of epoxide rings is 1. The van der Waals surface area contributed by atoms with E-state index in [-0.39, 0.29) is 32.6 Å². The zero-order valence-electron chi connectivity index (χ0n) is 33.0. The van der Waals surface area contributed by atoms with Crippen LogP contribution in [0.3, 0.4) is 0 Å². The molecule has 0 amide bonds. The smallest absolute Gasteiger partial charge is 0.462 e. The molecule has 1 aliphatic rings. The van der Waals surface area contributed by atoms with Gasteiger partial charge in [0.15, 0.2) is 6.10 Å². The number of phosphoric ester groups is 1. The molecule has 3 unspecified atom stereocenters. The van der Waals surface area contributed by atoms with Gasteiger partial charge < -0.3 is 24.8 Å². The van der Waals surface area contributed by atoms with Crippen LogP contribution in [-0.2, 0) is 37.4 Å². The second-order valence-electron chi connectivity index (χ2n) is 14.2. The van der Waals surface area contributed by atoms with Gasteiger partial charge in [0.05, 0.1) is 25.4 Å². The lowest BCUT2D eigenvalue weighted by Crippen LogP contribution is -2.29. The van der Waals surface area contributed by atoms with Gasteiger partial charge in [-0.2, -0.15) is 0 Å². The fourth-order valence-electron chi connectivity index (χ4n) is 5.99. The molecule has 10 nitrogen and oxygen atoms in total. The number of carbonyl (C=O) groups excluding carboxylic acids is 2. The maximum absolute atomic E-state index is 12.6. The van der Waals surface area contributed by atoms with Crippen LogP contribution in [0, 0.1) is 0 Å². The summed E-state index contributed by atoms with van der Waals surface area (Å²) in [6.07, 6.45) is 36.6.